The van der Waals surface area contributed by atoms with Crippen molar-refractivity contribution in [2.45, 2.75) is 32.4 Å². The zero-order valence-corrected chi connectivity index (χ0v) is 14.3. The summed E-state index contributed by atoms with van der Waals surface area (Å²) in [6.45, 7) is 1.68. The first-order valence-electron chi connectivity index (χ1n) is 8.95. The minimum absolute atomic E-state index is 0.000630. The molecule has 0 saturated heterocycles. The number of aliphatic hydroxyl groups excluding tert-OH is 1. The van der Waals surface area contributed by atoms with E-state index in [1.54, 1.807) is 0 Å². The quantitative estimate of drug-likeness (QED) is 0.917. The van der Waals surface area contributed by atoms with Gasteiger partial charge >= 0.3 is 0 Å². The van der Waals surface area contributed by atoms with Crippen molar-refractivity contribution in [2.24, 2.45) is 5.92 Å². The molecule has 130 valence electrons. The summed E-state index contributed by atoms with van der Waals surface area (Å²) in [5.74, 6) is 1.10. The molecule has 0 unspecified atom stereocenters. The molecule has 2 aromatic carbocycles. The van der Waals surface area contributed by atoms with Gasteiger partial charge in [-0.15, -0.1) is 0 Å². The van der Waals surface area contributed by atoms with Gasteiger partial charge in [0.15, 0.2) is 0 Å². The molecule has 0 bridgehead atoms. The first-order chi connectivity index (χ1) is 12.2. The molecule has 1 N–H and O–H groups in total. The molecule has 4 rings (SSSR count). The Bertz CT molecular complexity index is 786. The van der Waals surface area contributed by atoms with Crippen molar-refractivity contribution in [2.75, 3.05) is 13.2 Å². The van der Waals surface area contributed by atoms with E-state index in [2.05, 4.69) is 24.3 Å². The first-order valence-corrected chi connectivity index (χ1v) is 8.95. The lowest BCUT2D eigenvalue weighted by Gasteiger charge is -2.29. The summed E-state index contributed by atoms with van der Waals surface area (Å²) in [4.78, 5) is 15.0. The smallest absolute Gasteiger partial charge is 0.226 e. The molecular weight excluding hydrogens is 314 g/mol. The standard InChI is InChI=1S/C21H23NO3/c23-14-15-5-8-20-19(11-15)13-22(9-10-25-20)21(24)18-7-6-16-3-1-2-4-17(16)12-18/h1-5,8,11,18,23H,6-7,9-10,12-14H2/t18-/m0/s1. The summed E-state index contributed by atoms with van der Waals surface area (Å²) in [5.41, 5.74) is 4.52. The molecule has 0 radical (unpaired) electrons. The largest absolute Gasteiger partial charge is 0.491 e. The van der Waals surface area contributed by atoms with Crippen molar-refractivity contribution < 1.29 is 14.6 Å². The Kier molecular flexibility index (Phi) is 4.45. The van der Waals surface area contributed by atoms with Gasteiger partial charge in [0, 0.05) is 18.0 Å². The van der Waals surface area contributed by atoms with Gasteiger partial charge < -0.3 is 14.7 Å². The number of benzene rings is 2. The van der Waals surface area contributed by atoms with Gasteiger partial charge in [0.05, 0.1) is 13.2 Å². The van der Waals surface area contributed by atoms with Gasteiger partial charge in [0.1, 0.15) is 12.4 Å². The molecular formula is C21H23NO3. The number of hydrogen-bond acceptors (Lipinski definition) is 3. The molecule has 4 heteroatoms. The van der Waals surface area contributed by atoms with Crippen LogP contribution in [0.2, 0.25) is 0 Å². The third-order valence-electron chi connectivity index (χ3n) is 5.30. The van der Waals surface area contributed by atoms with Crippen molar-refractivity contribution in [3.8, 4) is 5.75 Å². The Morgan fingerprint density at radius 2 is 2.00 bits per heavy atom. The Morgan fingerprint density at radius 1 is 1.16 bits per heavy atom. The summed E-state index contributed by atoms with van der Waals surface area (Å²) < 4.78 is 5.80. The minimum Gasteiger partial charge on any atom is -0.491 e. The van der Waals surface area contributed by atoms with Crippen molar-refractivity contribution in [3.05, 3.63) is 64.7 Å². The van der Waals surface area contributed by atoms with Crippen LogP contribution in [-0.2, 0) is 30.8 Å². The molecule has 1 aliphatic heterocycles. The maximum Gasteiger partial charge on any atom is 0.226 e. The number of ether oxygens (including phenoxy) is 1. The van der Waals surface area contributed by atoms with Crippen molar-refractivity contribution in [1.82, 2.24) is 4.90 Å². The topological polar surface area (TPSA) is 49.8 Å². The molecule has 1 heterocycles. The summed E-state index contributed by atoms with van der Waals surface area (Å²) in [6.07, 6.45) is 2.72. The van der Waals surface area contributed by atoms with E-state index in [9.17, 15) is 9.90 Å². The maximum absolute atomic E-state index is 13.1. The fourth-order valence-corrected chi connectivity index (χ4v) is 3.90. The molecule has 2 aromatic rings. The fraction of sp³-hybridized carbons (Fsp3) is 0.381. The van der Waals surface area contributed by atoms with Gasteiger partial charge in [-0.2, -0.15) is 0 Å². The highest BCUT2D eigenvalue weighted by molar-refractivity contribution is 5.79. The summed E-state index contributed by atoms with van der Waals surface area (Å²) >= 11 is 0. The van der Waals surface area contributed by atoms with Crippen LogP contribution in [-0.4, -0.2) is 29.1 Å². The third-order valence-corrected chi connectivity index (χ3v) is 5.30. The number of nitrogens with zero attached hydrogens (tertiary/aromatic N) is 1. The van der Waals surface area contributed by atoms with Crippen LogP contribution in [0.15, 0.2) is 42.5 Å². The SMILES string of the molecule is O=C([C@H]1CCc2ccccc2C1)N1CCOc2ccc(CO)cc2C1. The average Bonchev–Trinajstić information content (AvgIpc) is 2.88. The van der Waals surface area contributed by atoms with Crippen LogP contribution in [0.5, 0.6) is 5.75 Å². The number of hydrogen-bond donors (Lipinski definition) is 1. The second kappa shape index (κ2) is 6.89. The van der Waals surface area contributed by atoms with E-state index in [0.29, 0.717) is 19.7 Å². The van der Waals surface area contributed by atoms with Crippen molar-refractivity contribution in [1.29, 1.82) is 0 Å². The maximum atomic E-state index is 13.1. The predicted octanol–water partition coefficient (Wildman–Crippen LogP) is 2.71. The first kappa shape index (κ1) is 16.2. The van der Waals surface area contributed by atoms with Crippen molar-refractivity contribution in [3.63, 3.8) is 0 Å². The molecule has 2 aliphatic rings. The number of carbonyl (C=O) groups excluding carboxylic acids is 1. The van der Waals surface area contributed by atoms with Crippen LogP contribution in [0.1, 0.15) is 28.7 Å². The molecule has 1 amide bonds. The van der Waals surface area contributed by atoms with Gasteiger partial charge in [0.25, 0.3) is 0 Å². The number of carbonyl (C=O) groups is 1. The monoisotopic (exact) mass is 337 g/mol. The normalized spacial score (nSPS) is 19.4. The van der Waals surface area contributed by atoms with E-state index < -0.39 is 0 Å². The molecule has 0 saturated carbocycles. The van der Waals surface area contributed by atoms with Gasteiger partial charge in [0.2, 0.25) is 5.91 Å². The Balaban J connectivity index is 1.52. The molecule has 4 nitrogen and oxygen atoms in total. The van der Waals surface area contributed by atoms with E-state index in [1.165, 1.54) is 11.1 Å². The molecule has 0 fully saturated rings. The van der Waals surface area contributed by atoms with E-state index in [1.807, 2.05) is 23.1 Å². The van der Waals surface area contributed by atoms with E-state index in [-0.39, 0.29) is 18.4 Å². The number of rotatable bonds is 2. The summed E-state index contributed by atoms with van der Waals surface area (Å²) in [5, 5.41) is 9.36. The minimum atomic E-state index is 0.000630. The zero-order chi connectivity index (χ0) is 17.2. The lowest BCUT2D eigenvalue weighted by molar-refractivity contribution is -0.136. The molecule has 0 spiro atoms. The molecule has 1 atom stereocenters. The van der Waals surface area contributed by atoms with Crippen LogP contribution >= 0.6 is 0 Å². The van der Waals surface area contributed by atoms with E-state index in [4.69, 9.17) is 4.74 Å². The average molecular weight is 337 g/mol. The Labute approximate surface area is 148 Å². The van der Waals surface area contributed by atoms with Crippen LogP contribution < -0.4 is 4.74 Å². The number of amides is 1. The zero-order valence-electron chi connectivity index (χ0n) is 14.3. The summed E-state index contributed by atoms with van der Waals surface area (Å²) in [7, 11) is 0. The highest BCUT2D eigenvalue weighted by Crippen LogP contribution is 2.29. The Hall–Kier alpha value is -2.33. The van der Waals surface area contributed by atoms with Crippen LogP contribution in [0.25, 0.3) is 0 Å². The second-order valence-electron chi connectivity index (χ2n) is 6.92. The van der Waals surface area contributed by atoms with Crippen LogP contribution in [0.3, 0.4) is 0 Å². The Morgan fingerprint density at radius 3 is 2.84 bits per heavy atom. The van der Waals surface area contributed by atoms with Gasteiger partial charge in [-0.3, -0.25) is 4.79 Å². The van der Waals surface area contributed by atoms with Gasteiger partial charge in [-0.1, -0.05) is 30.3 Å². The molecule has 25 heavy (non-hydrogen) atoms. The highest BCUT2D eigenvalue weighted by Gasteiger charge is 2.29. The van der Waals surface area contributed by atoms with E-state index >= 15 is 0 Å². The second-order valence-corrected chi connectivity index (χ2v) is 6.92. The van der Waals surface area contributed by atoms with E-state index in [0.717, 1.165) is 36.1 Å². The molecule has 1 aliphatic carbocycles. The van der Waals surface area contributed by atoms with Crippen LogP contribution in [0.4, 0.5) is 0 Å². The number of fused-ring (bicyclic) bond motifs is 2. The highest BCUT2D eigenvalue weighted by atomic mass is 16.5. The van der Waals surface area contributed by atoms with Crippen molar-refractivity contribution >= 4 is 5.91 Å². The lowest BCUT2D eigenvalue weighted by Crippen LogP contribution is -2.39. The molecule has 0 aromatic heterocycles. The van der Waals surface area contributed by atoms with Gasteiger partial charge in [-0.05, 0) is 48.1 Å². The number of aryl methyl sites for hydroxylation is 1. The predicted molar refractivity (Wildman–Crippen MR) is 95.2 cm³/mol. The number of aliphatic hydroxyl groups is 1. The third kappa shape index (κ3) is 3.27. The lowest BCUT2D eigenvalue weighted by atomic mass is 9.83. The van der Waals surface area contributed by atoms with Crippen LogP contribution in [0, 0.1) is 5.92 Å². The van der Waals surface area contributed by atoms with Gasteiger partial charge in [-0.25, -0.2) is 0 Å². The summed E-state index contributed by atoms with van der Waals surface area (Å²) in [6, 6.07) is 14.1. The fourth-order valence-electron chi connectivity index (χ4n) is 3.90.